The van der Waals surface area contributed by atoms with Gasteiger partial charge in [-0.15, -0.1) is 5.10 Å². The van der Waals surface area contributed by atoms with Crippen molar-refractivity contribution in [1.82, 2.24) is 39.6 Å². The molecule has 2 aliphatic heterocycles. The molecule has 35 heavy (non-hydrogen) atoms. The van der Waals surface area contributed by atoms with Gasteiger partial charge in [0.25, 0.3) is 5.82 Å². The number of nitriles is 1. The van der Waals surface area contributed by atoms with E-state index in [2.05, 4.69) is 30.1 Å². The molecule has 5 heterocycles. The zero-order chi connectivity index (χ0) is 24.5. The van der Waals surface area contributed by atoms with Crippen LogP contribution in [0.4, 0.5) is 19.5 Å². The minimum atomic E-state index is -0.688. The lowest BCUT2D eigenvalue weighted by molar-refractivity contribution is 0.139. The zero-order valence-electron chi connectivity index (χ0n) is 18.6. The van der Waals surface area contributed by atoms with Gasteiger partial charge in [-0.25, -0.2) is 33.2 Å². The van der Waals surface area contributed by atoms with Crippen molar-refractivity contribution in [1.29, 1.82) is 5.26 Å². The summed E-state index contributed by atoms with van der Waals surface area (Å²) in [5.74, 6) is -0.864. The molecule has 3 aromatic rings. The molecule has 0 spiro atoms. The first-order chi connectivity index (χ1) is 16.9. The molecule has 2 amide bonds. The summed E-state index contributed by atoms with van der Waals surface area (Å²) in [7, 11) is 1.54. The third kappa shape index (κ3) is 4.23. The minimum absolute atomic E-state index is 0.0667. The summed E-state index contributed by atoms with van der Waals surface area (Å²) < 4.78 is 29.4. The molecule has 1 unspecified atom stereocenters. The van der Waals surface area contributed by atoms with E-state index in [1.807, 2.05) is 11.0 Å². The van der Waals surface area contributed by atoms with Crippen LogP contribution in [0.1, 0.15) is 23.9 Å². The van der Waals surface area contributed by atoms with Gasteiger partial charge in [0.1, 0.15) is 17.6 Å². The van der Waals surface area contributed by atoms with Gasteiger partial charge < -0.3 is 9.80 Å². The lowest BCUT2D eigenvalue weighted by atomic mass is 10.1. The van der Waals surface area contributed by atoms with E-state index in [1.54, 1.807) is 18.2 Å². The molecule has 0 saturated carbocycles. The highest BCUT2D eigenvalue weighted by atomic mass is 19.1. The van der Waals surface area contributed by atoms with E-state index in [1.165, 1.54) is 22.0 Å². The first-order valence-electron chi connectivity index (χ1n) is 10.7. The molecule has 1 atom stereocenters. The Balaban J connectivity index is 1.28. The number of nitrogens with zero attached hydrogens (tertiary/aromatic N) is 11. The molecule has 0 N–H and O–H groups in total. The van der Waals surface area contributed by atoms with Crippen molar-refractivity contribution >= 4 is 18.2 Å². The number of halogens is 2. The second kappa shape index (κ2) is 9.01. The lowest BCUT2D eigenvalue weighted by Crippen LogP contribution is -2.52. The molecule has 5 rings (SSSR count). The van der Waals surface area contributed by atoms with Crippen LogP contribution in [0.15, 0.2) is 29.8 Å². The average molecular weight is 479 g/mol. The normalized spacial score (nSPS) is 17.7. The zero-order valence-corrected chi connectivity index (χ0v) is 18.6. The number of urea groups is 1. The van der Waals surface area contributed by atoms with Gasteiger partial charge in [-0.1, -0.05) is 0 Å². The van der Waals surface area contributed by atoms with Crippen molar-refractivity contribution in [3.05, 3.63) is 47.7 Å². The summed E-state index contributed by atoms with van der Waals surface area (Å²) in [6, 6.07) is 2.45. The van der Waals surface area contributed by atoms with Gasteiger partial charge in [0.15, 0.2) is 11.6 Å². The van der Waals surface area contributed by atoms with Crippen molar-refractivity contribution in [2.24, 2.45) is 12.1 Å². The number of anilines is 1. The molecule has 14 heteroatoms. The standard InChI is InChI=1S/C21H19F2N11O/c1-31-19(28-17(9-24)30-31)18-15(23)12-26-20(29-18)32-4-6-33(7-5-32)21(35)34-16(2-3-27-34)13-8-14(22)11-25-10-13/h3,8,10-12,16H,2,4-7H2,1H3. The molecular weight excluding hydrogens is 460 g/mol. The molecule has 0 aliphatic carbocycles. The summed E-state index contributed by atoms with van der Waals surface area (Å²) in [4.78, 5) is 32.9. The molecule has 3 aromatic heterocycles. The molecule has 0 radical (unpaired) electrons. The van der Waals surface area contributed by atoms with Crippen LogP contribution >= 0.6 is 0 Å². The Kier molecular flexibility index (Phi) is 5.73. The van der Waals surface area contributed by atoms with E-state index in [4.69, 9.17) is 5.26 Å². The van der Waals surface area contributed by atoms with E-state index in [9.17, 15) is 13.6 Å². The summed E-state index contributed by atoms with van der Waals surface area (Å²) in [6.07, 6.45) is 5.79. The molecule has 1 saturated heterocycles. The van der Waals surface area contributed by atoms with E-state index in [0.717, 1.165) is 12.4 Å². The monoisotopic (exact) mass is 479 g/mol. The van der Waals surface area contributed by atoms with Crippen molar-refractivity contribution < 1.29 is 13.6 Å². The summed E-state index contributed by atoms with van der Waals surface area (Å²) >= 11 is 0. The largest absolute Gasteiger partial charge is 0.341 e. The van der Waals surface area contributed by atoms with Gasteiger partial charge in [0.2, 0.25) is 5.95 Å². The van der Waals surface area contributed by atoms with Gasteiger partial charge in [-0.05, 0) is 11.6 Å². The maximum absolute atomic E-state index is 14.5. The van der Waals surface area contributed by atoms with Crippen LogP contribution < -0.4 is 4.90 Å². The third-order valence-corrected chi connectivity index (χ3v) is 5.78. The van der Waals surface area contributed by atoms with Gasteiger partial charge in [-0.3, -0.25) is 4.98 Å². The fraction of sp³-hybridized carbons (Fsp3) is 0.333. The number of pyridine rings is 1. The number of hydrogen-bond acceptors (Lipinski definition) is 9. The van der Waals surface area contributed by atoms with Crippen LogP contribution in [0.2, 0.25) is 0 Å². The maximum Gasteiger partial charge on any atom is 0.341 e. The van der Waals surface area contributed by atoms with Gasteiger partial charge in [-0.2, -0.15) is 15.3 Å². The van der Waals surface area contributed by atoms with Crippen LogP contribution in [-0.2, 0) is 7.05 Å². The lowest BCUT2D eigenvalue weighted by Gasteiger charge is -2.37. The predicted molar refractivity (Wildman–Crippen MR) is 118 cm³/mol. The number of hydrogen-bond donors (Lipinski definition) is 0. The Morgan fingerprint density at radius 1 is 1.14 bits per heavy atom. The Labute approximate surface area is 198 Å². The second-order valence-corrected chi connectivity index (χ2v) is 7.95. The highest BCUT2D eigenvalue weighted by Gasteiger charge is 2.34. The second-order valence-electron chi connectivity index (χ2n) is 7.95. The van der Waals surface area contributed by atoms with E-state index in [0.29, 0.717) is 38.2 Å². The smallest absolute Gasteiger partial charge is 0.337 e. The fourth-order valence-electron chi connectivity index (χ4n) is 4.03. The van der Waals surface area contributed by atoms with Crippen LogP contribution in [0.3, 0.4) is 0 Å². The molecule has 178 valence electrons. The number of carbonyl (C=O) groups excluding carboxylic acids is 1. The summed E-state index contributed by atoms with van der Waals surface area (Å²) in [5, 5.41) is 18.5. The van der Waals surface area contributed by atoms with E-state index in [-0.39, 0.29) is 29.3 Å². The number of amides is 2. The van der Waals surface area contributed by atoms with Gasteiger partial charge in [0.05, 0.1) is 18.4 Å². The maximum atomic E-state index is 14.5. The quantitative estimate of drug-likeness (QED) is 0.552. The highest BCUT2D eigenvalue weighted by molar-refractivity contribution is 5.78. The molecule has 12 nitrogen and oxygen atoms in total. The molecule has 0 aromatic carbocycles. The minimum Gasteiger partial charge on any atom is -0.337 e. The number of aromatic nitrogens is 6. The van der Waals surface area contributed by atoms with Crippen molar-refractivity contribution in [3.8, 4) is 17.6 Å². The van der Waals surface area contributed by atoms with Crippen LogP contribution in [0.5, 0.6) is 0 Å². The molecule has 0 bridgehead atoms. The first kappa shape index (κ1) is 22.3. The van der Waals surface area contributed by atoms with Crippen molar-refractivity contribution in [2.75, 3.05) is 31.1 Å². The number of hydrazone groups is 1. The van der Waals surface area contributed by atoms with Crippen LogP contribution in [0, 0.1) is 23.0 Å². The topological polar surface area (TPSA) is 132 Å². The first-order valence-corrected chi connectivity index (χ1v) is 10.7. The number of piperazine rings is 1. The Hall–Kier alpha value is -4.54. The van der Waals surface area contributed by atoms with Gasteiger partial charge in [0, 0.05) is 52.1 Å². The molecular formula is C21H19F2N11O. The predicted octanol–water partition coefficient (Wildman–Crippen LogP) is 1.49. The SMILES string of the molecule is Cn1nc(C#N)nc1-c1nc(N2CCN(C(=O)N3N=CCC3c3cncc(F)c3)CC2)ncc1F. The number of rotatable bonds is 3. The van der Waals surface area contributed by atoms with Crippen molar-refractivity contribution in [3.63, 3.8) is 0 Å². The average Bonchev–Trinajstić information content (AvgIpc) is 3.51. The number of aryl methyl sites for hydroxylation is 1. The highest BCUT2D eigenvalue weighted by Crippen LogP contribution is 2.29. The van der Waals surface area contributed by atoms with E-state index >= 15 is 0 Å². The third-order valence-electron chi connectivity index (χ3n) is 5.78. The molecule has 1 fully saturated rings. The van der Waals surface area contributed by atoms with Crippen molar-refractivity contribution in [2.45, 2.75) is 12.5 Å². The molecule has 2 aliphatic rings. The Morgan fingerprint density at radius 3 is 2.66 bits per heavy atom. The Morgan fingerprint density at radius 2 is 1.94 bits per heavy atom. The van der Waals surface area contributed by atoms with Crippen LogP contribution in [0.25, 0.3) is 11.5 Å². The Bertz CT molecular complexity index is 1340. The number of carbonyl (C=O) groups is 1. The fourth-order valence-corrected chi connectivity index (χ4v) is 4.03. The van der Waals surface area contributed by atoms with Gasteiger partial charge >= 0.3 is 6.03 Å². The summed E-state index contributed by atoms with van der Waals surface area (Å²) in [5.41, 5.74) is 0.507. The van der Waals surface area contributed by atoms with Crippen LogP contribution in [-0.4, -0.2) is 78.0 Å². The summed E-state index contributed by atoms with van der Waals surface area (Å²) in [6.45, 7) is 1.53. The van der Waals surface area contributed by atoms with E-state index < -0.39 is 17.7 Å².